The van der Waals surface area contributed by atoms with Crippen LogP contribution in [0.2, 0.25) is 0 Å². The highest BCUT2D eigenvalue weighted by Gasteiger charge is 2.04. The Morgan fingerprint density at radius 3 is 2.77 bits per heavy atom. The summed E-state index contributed by atoms with van der Waals surface area (Å²) in [4.78, 5) is 8.31. The van der Waals surface area contributed by atoms with Crippen LogP contribution in [0.1, 0.15) is 0 Å². The Labute approximate surface area is 83.9 Å². The number of rotatable bonds is 1. The van der Waals surface area contributed by atoms with Crippen molar-refractivity contribution >= 4 is 26.8 Å². The monoisotopic (exact) mass is 238 g/mol. The molecule has 0 aliphatic heterocycles. The predicted octanol–water partition coefficient (Wildman–Crippen LogP) is 2.40. The molecule has 1 heterocycles. The average molecular weight is 239 g/mol. The maximum Gasteiger partial charge on any atom is 0.225 e. The summed E-state index contributed by atoms with van der Waals surface area (Å²) in [5, 5.41) is 0.924. The molecule has 0 saturated heterocycles. The standard InChI is InChI=1S/C9H7BrN2O/c1-13-8-6-4-2-3-5-7(6)11-9(10)12-8/h2-5H,1H3. The largest absolute Gasteiger partial charge is 0.480 e. The summed E-state index contributed by atoms with van der Waals surface area (Å²) in [6, 6.07) is 7.72. The van der Waals surface area contributed by atoms with Crippen LogP contribution in [0.3, 0.4) is 0 Å². The van der Waals surface area contributed by atoms with E-state index in [-0.39, 0.29) is 0 Å². The fourth-order valence-corrected chi connectivity index (χ4v) is 1.53. The molecule has 4 heteroatoms. The quantitative estimate of drug-likeness (QED) is 0.716. The van der Waals surface area contributed by atoms with Crippen LogP contribution < -0.4 is 4.74 Å². The molecule has 0 aliphatic rings. The molecule has 13 heavy (non-hydrogen) atoms. The molecule has 1 aromatic carbocycles. The molecule has 0 N–H and O–H groups in total. The second-order valence-corrected chi connectivity index (χ2v) is 3.23. The van der Waals surface area contributed by atoms with Gasteiger partial charge >= 0.3 is 0 Å². The van der Waals surface area contributed by atoms with Crippen LogP contribution in [0.25, 0.3) is 10.9 Å². The van der Waals surface area contributed by atoms with Crippen LogP contribution in [0.4, 0.5) is 0 Å². The van der Waals surface area contributed by atoms with Gasteiger partial charge in [-0.1, -0.05) is 12.1 Å². The summed E-state index contributed by atoms with van der Waals surface area (Å²) >= 11 is 3.22. The lowest BCUT2D eigenvalue weighted by Crippen LogP contribution is -1.92. The Morgan fingerprint density at radius 2 is 2.00 bits per heavy atom. The zero-order valence-electron chi connectivity index (χ0n) is 6.99. The summed E-state index contributed by atoms with van der Waals surface area (Å²) in [7, 11) is 1.60. The van der Waals surface area contributed by atoms with Crippen molar-refractivity contribution in [1.82, 2.24) is 9.97 Å². The molecule has 0 bridgehead atoms. The van der Waals surface area contributed by atoms with Gasteiger partial charge in [0.15, 0.2) is 0 Å². The van der Waals surface area contributed by atoms with Gasteiger partial charge in [0, 0.05) is 0 Å². The number of ether oxygens (including phenoxy) is 1. The molecule has 0 amide bonds. The zero-order chi connectivity index (χ0) is 9.26. The van der Waals surface area contributed by atoms with Crippen molar-refractivity contribution in [3.8, 4) is 5.88 Å². The minimum atomic E-state index is 0.544. The van der Waals surface area contributed by atoms with E-state index in [9.17, 15) is 0 Å². The summed E-state index contributed by atoms with van der Waals surface area (Å²) in [6.45, 7) is 0. The minimum absolute atomic E-state index is 0.544. The van der Waals surface area contributed by atoms with Crippen LogP contribution in [0.5, 0.6) is 5.88 Å². The van der Waals surface area contributed by atoms with Crippen LogP contribution in [0, 0.1) is 0 Å². The molecule has 2 rings (SSSR count). The number of aromatic nitrogens is 2. The predicted molar refractivity (Wildman–Crippen MR) is 53.8 cm³/mol. The van der Waals surface area contributed by atoms with E-state index >= 15 is 0 Å². The number of hydrogen-bond acceptors (Lipinski definition) is 3. The molecule has 0 radical (unpaired) electrons. The Morgan fingerprint density at radius 1 is 1.23 bits per heavy atom. The lowest BCUT2D eigenvalue weighted by molar-refractivity contribution is 0.401. The molecule has 0 aliphatic carbocycles. The molecule has 0 spiro atoms. The second kappa shape index (κ2) is 3.30. The number of fused-ring (bicyclic) bond motifs is 1. The Bertz CT molecular complexity index is 445. The molecule has 0 fully saturated rings. The van der Waals surface area contributed by atoms with Gasteiger partial charge in [-0.25, -0.2) is 4.98 Å². The Kier molecular flexibility index (Phi) is 2.14. The summed E-state index contributed by atoms with van der Waals surface area (Å²) in [6.07, 6.45) is 0. The molecule has 3 nitrogen and oxygen atoms in total. The fourth-order valence-electron chi connectivity index (χ4n) is 1.18. The van der Waals surface area contributed by atoms with Crippen molar-refractivity contribution in [3.63, 3.8) is 0 Å². The van der Waals surface area contributed by atoms with Crippen LogP contribution in [-0.2, 0) is 0 Å². The number of halogens is 1. The third-order valence-electron chi connectivity index (χ3n) is 1.73. The van der Waals surface area contributed by atoms with Gasteiger partial charge in [0.1, 0.15) is 0 Å². The van der Waals surface area contributed by atoms with E-state index in [0.29, 0.717) is 10.6 Å². The van der Waals surface area contributed by atoms with Crippen molar-refractivity contribution in [2.45, 2.75) is 0 Å². The molecule has 1 aromatic heterocycles. The molecular formula is C9H7BrN2O. The first-order valence-electron chi connectivity index (χ1n) is 3.77. The second-order valence-electron chi connectivity index (χ2n) is 2.52. The van der Waals surface area contributed by atoms with Crippen LogP contribution >= 0.6 is 15.9 Å². The highest BCUT2D eigenvalue weighted by atomic mass is 79.9. The number of para-hydroxylation sites is 1. The Hall–Kier alpha value is -1.16. The number of nitrogens with zero attached hydrogens (tertiary/aromatic N) is 2. The van der Waals surface area contributed by atoms with E-state index < -0.39 is 0 Å². The van der Waals surface area contributed by atoms with Gasteiger partial charge in [-0.15, -0.1) is 0 Å². The molecule has 0 atom stereocenters. The molecule has 66 valence electrons. The van der Waals surface area contributed by atoms with Gasteiger partial charge in [0.05, 0.1) is 18.0 Å². The average Bonchev–Trinajstić information content (AvgIpc) is 2.16. The van der Waals surface area contributed by atoms with Crippen LogP contribution in [0.15, 0.2) is 29.0 Å². The Balaban J connectivity index is 2.81. The third-order valence-corrected chi connectivity index (χ3v) is 2.09. The summed E-state index contributed by atoms with van der Waals surface area (Å²) in [5.74, 6) is 0.595. The van der Waals surface area contributed by atoms with Gasteiger partial charge < -0.3 is 4.74 Å². The van der Waals surface area contributed by atoms with Crippen molar-refractivity contribution in [3.05, 3.63) is 29.0 Å². The first-order valence-corrected chi connectivity index (χ1v) is 4.57. The normalized spacial score (nSPS) is 10.3. The van der Waals surface area contributed by atoms with Gasteiger partial charge in [0.25, 0.3) is 0 Å². The molecule has 2 aromatic rings. The SMILES string of the molecule is COc1nc(Br)nc2ccccc12. The topological polar surface area (TPSA) is 35.0 Å². The van der Waals surface area contributed by atoms with E-state index in [1.807, 2.05) is 24.3 Å². The molecular weight excluding hydrogens is 232 g/mol. The number of benzene rings is 1. The summed E-state index contributed by atoms with van der Waals surface area (Å²) < 4.78 is 5.67. The van der Waals surface area contributed by atoms with Crippen molar-refractivity contribution in [2.24, 2.45) is 0 Å². The van der Waals surface area contributed by atoms with Gasteiger partial charge in [-0.2, -0.15) is 4.98 Å². The van der Waals surface area contributed by atoms with E-state index in [4.69, 9.17) is 4.74 Å². The van der Waals surface area contributed by atoms with Gasteiger partial charge in [0.2, 0.25) is 10.6 Å². The first-order chi connectivity index (χ1) is 6.31. The van der Waals surface area contributed by atoms with E-state index in [2.05, 4.69) is 25.9 Å². The van der Waals surface area contributed by atoms with Crippen molar-refractivity contribution < 1.29 is 4.74 Å². The first kappa shape index (κ1) is 8.44. The maximum atomic E-state index is 5.13. The molecule has 0 unspecified atom stereocenters. The van der Waals surface area contributed by atoms with E-state index in [0.717, 1.165) is 10.9 Å². The lowest BCUT2D eigenvalue weighted by atomic mass is 10.2. The van der Waals surface area contributed by atoms with E-state index in [1.165, 1.54) is 0 Å². The minimum Gasteiger partial charge on any atom is -0.480 e. The van der Waals surface area contributed by atoms with Crippen molar-refractivity contribution in [2.75, 3.05) is 7.11 Å². The van der Waals surface area contributed by atoms with Gasteiger partial charge in [-0.3, -0.25) is 0 Å². The smallest absolute Gasteiger partial charge is 0.225 e. The lowest BCUT2D eigenvalue weighted by Gasteiger charge is -2.03. The van der Waals surface area contributed by atoms with Crippen LogP contribution in [-0.4, -0.2) is 17.1 Å². The third kappa shape index (κ3) is 1.49. The highest BCUT2D eigenvalue weighted by Crippen LogP contribution is 2.23. The number of methoxy groups -OCH3 is 1. The molecule has 0 saturated carbocycles. The fraction of sp³-hybridized carbons (Fsp3) is 0.111. The summed E-state index contributed by atoms with van der Waals surface area (Å²) in [5.41, 5.74) is 0.876. The number of hydrogen-bond donors (Lipinski definition) is 0. The van der Waals surface area contributed by atoms with E-state index in [1.54, 1.807) is 7.11 Å². The maximum absolute atomic E-state index is 5.13. The van der Waals surface area contributed by atoms with Gasteiger partial charge in [-0.05, 0) is 28.1 Å². The zero-order valence-corrected chi connectivity index (χ0v) is 8.58. The highest BCUT2D eigenvalue weighted by molar-refractivity contribution is 9.10. The van der Waals surface area contributed by atoms with Crippen molar-refractivity contribution in [1.29, 1.82) is 0 Å².